The van der Waals surface area contributed by atoms with Gasteiger partial charge < -0.3 is 4.90 Å². The van der Waals surface area contributed by atoms with Crippen molar-refractivity contribution in [3.8, 4) is 0 Å². The number of nitrogens with one attached hydrogen (secondary N) is 1. The fourth-order valence-corrected chi connectivity index (χ4v) is 3.44. The maximum atomic E-state index is 12.2. The van der Waals surface area contributed by atoms with Crippen LogP contribution in [0.2, 0.25) is 0 Å². The van der Waals surface area contributed by atoms with Gasteiger partial charge in [-0.3, -0.25) is 20.2 Å². The third-order valence-corrected chi connectivity index (χ3v) is 4.67. The summed E-state index contributed by atoms with van der Waals surface area (Å²) in [5.74, 6) is 0.406. The number of anilines is 2. The van der Waals surface area contributed by atoms with Crippen molar-refractivity contribution in [3.63, 3.8) is 0 Å². The van der Waals surface area contributed by atoms with E-state index in [1.54, 1.807) is 31.1 Å². The number of nitro groups is 1. The molecule has 1 aromatic carbocycles. The van der Waals surface area contributed by atoms with Crippen molar-refractivity contribution < 1.29 is 9.72 Å². The predicted molar refractivity (Wildman–Crippen MR) is 91.7 cm³/mol. The third kappa shape index (κ3) is 4.17. The molecule has 0 aliphatic heterocycles. The molecule has 1 N–H and O–H groups in total. The Labute approximate surface area is 141 Å². The van der Waals surface area contributed by atoms with Crippen LogP contribution in [0.1, 0.15) is 17.3 Å². The van der Waals surface area contributed by atoms with Crippen molar-refractivity contribution >= 4 is 45.5 Å². The molecule has 1 heterocycles. The smallest absolute Gasteiger partial charge is 0.293 e. The van der Waals surface area contributed by atoms with Crippen LogP contribution in [0, 0.1) is 10.1 Å². The zero-order valence-corrected chi connectivity index (χ0v) is 14.4. The maximum Gasteiger partial charge on any atom is 0.293 e. The maximum absolute atomic E-state index is 12.2. The number of nitrogens with zero attached hydrogens (tertiary/aromatic N) is 4. The van der Waals surface area contributed by atoms with Crippen molar-refractivity contribution in [1.29, 1.82) is 0 Å². The molecule has 1 amide bonds. The topological polar surface area (TPSA) is 101 Å². The minimum absolute atomic E-state index is 0.123. The van der Waals surface area contributed by atoms with E-state index in [1.807, 2.05) is 6.92 Å². The van der Waals surface area contributed by atoms with Crippen molar-refractivity contribution in [1.82, 2.24) is 10.2 Å². The zero-order chi connectivity index (χ0) is 17.0. The predicted octanol–water partition coefficient (Wildman–Crippen LogP) is 2.88. The van der Waals surface area contributed by atoms with E-state index in [9.17, 15) is 14.9 Å². The van der Waals surface area contributed by atoms with Crippen LogP contribution in [-0.2, 0) is 0 Å². The highest BCUT2D eigenvalue weighted by atomic mass is 32.2. The van der Waals surface area contributed by atoms with Gasteiger partial charge in [0.15, 0.2) is 4.34 Å². The van der Waals surface area contributed by atoms with Crippen LogP contribution >= 0.6 is 23.1 Å². The van der Waals surface area contributed by atoms with Gasteiger partial charge in [0.2, 0.25) is 5.13 Å². The molecule has 2 aromatic rings. The van der Waals surface area contributed by atoms with Crippen LogP contribution in [0.25, 0.3) is 0 Å². The lowest BCUT2D eigenvalue weighted by Crippen LogP contribution is -2.14. The minimum atomic E-state index is -0.507. The fourth-order valence-electron chi connectivity index (χ4n) is 1.80. The van der Waals surface area contributed by atoms with E-state index in [0.29, 0.717) is 10.8 Å². The second kappa shape index (κ2) is 7.38. The molecule has 0 atom stereocenters. The Hall–Kier alpha value is -2.20. The summed E-state index contributed by atoms with van der Waals surface area (Å²) in [4.78, 5) is 24.5. The standard InChI is InChI=1S/C13H15N5O3S2/c1-4-22-13-16-15-12(23-13)14-11(19)8-5-6-9(17(2)3)10(7-8)18(20)21/h5-7H,4H2,1-3H3,(H,14,15,19). The molecule has 8 nitrogen and oxygen atoms in total. The van der Waals surface area contributed by atoms with Gasteiger partial charge in [0, 0.05) is 25.7 Å². The molecule has 0 radical (unpaired) electrons. The molecule has 0 aliphatic carbocycles. The van der Waals surface area contributed by atoms with Gasteiger partial charge in [-0.25, -0.2) is 0 Å². The average Bonchev–Trinajstić information content (AvgIpc) is 2.94. The number of thioether (sulfide) groups is 1. The number of carbonyl (C=O) groups excluding carboxylic acids is 1. The quantitative estimate of drug-likeness (QED) is 0.369. The van der Waals surface area contributed by atoms with Gasteiger partial charge in [0.1, 0.15) is 5.69 Å². The molecule has 0 spiro atoms. The number of hydrogen-bond acceptors (Lipinski definition) is 8. The van der Waals surface area contributed by atoms with Gasteiger partial charge in [0.05, 0.1) is 4.92 Å². The van der Waals surface area contributed by atoms with Gasteiger partial charge in [-0.1, -0.05) is 30.0 Å². The van der Waals surface area contributed by atoms with E-state index < -0.39 is 10.8 Å². The monoisotopic (exact) mass is 353 g/mol. The largest absolute Gasteiger partial charge is 0.372 e. The molecule has 10 heteroatoms. The minimum Gasteiger partial charge on any atom is -0.372 e. The summed E-state index contributed by atoms with van der Waals surface area (Å²) in [6, 6.07) is 4.35. The summed E-state index contributed by atoms with van der Waals surface area (Å²) in [7, 11) is 3.41. The molecule has 0 unspecified atom stereocenters. The molecular weight excluding hydrogens is 338 g/mol. The normalized spacial score (nSPS) is 10.4. The molecule has 0 saturated carbocycles. The second-order valence-corrected chi connectivity index (χ2v) is 7.10. The summed E-state index contributed by atoms with van der Waals surface area (Å²) in [5.41, 5.74) is 0.508. The van der Waals surface area contributed by atoms with Crippen LogP contribution in [0.5, 0.6) is 0 Å². The van der Waals surface area contributed by atoms with Crippen LogP contribution in [0.15, 0.2) is 22.5 Å². The molecule has 0 bridgehead atoms. The molecule has 23 heavy (non-hydrogen) atoms. The van der Waals surface area contributed by atoms with Crippen LogP contribution in [-0.4, -0.2) is 40.9 Å². The number of carbonyl (C=O) groups is 1. The highest BCUT2D eigenvalue weighted by Crippen LogP contribution is 2.29. The lowest BCUT2D eigenvalue weighted by atomic mass is 10.1. The molecule has 0 aliphatic rings. The Morgan fingerprint density at radius 2 is 2.17 bits per heavy atom. The molecule has 0 fully saturated rings. The third-order valence-electron chi connectivity index (χ3n) is 2.81. The lowest BCUT2D eigenvalue weighted by molar-refractivity contribution is -0.384. The van der Waals surface area contributed by atoms with E-state index in [4.69, 9.17) is 0 Å². The van der Waals surface area contributed by atoms with Gasteiger partial charge in [0.25, 0.3) is 11.6 Å². The second-order valence-electron chi connectivity index (χ2n) is 4.62. The Morgan fingerprint density at radius 3 is 2.78 bits per heavy atom. The van der Waals surface area contributed by atoms with E-state index in [1.165, 1.54) is 29.2 Å². The lowest BCUT2D eigenvalue weighted by Gasteiger charge is -2.13. The number of aromatic nitrogens is 2. The van der Waals surface area contributed by atoms with Gasteiger partial charge in [-0.15, -0.1) is 10.2 Å². The van der Waals surface area contributed by atoms with Crippen LogP contribution < -0.4 is 10.2 Å². The van der Waals surface area contributed by atoms with Crippen molar-refractivity contribution in [2.45, 2.75) is 11.3 Å². The van der Waals surface area contributed by atoms with E-state index in [0.717, 1.165) is 10.1 Å². The van der Waals surface area contributed by atoms with Crippen LogP contribution in [0.3, 0.4) is 0 Å². The Morgan fingerprint density at radius 1 is 1.43 bits per heavy atom. The van der Waals surface area contributed by atoms with E-state index in [-0.39, 0.29) is 11.3 Å². The summed E-state index contributed by atoms with van der Waals surface area (Å²) in [5, 5.41) is 21.9. The first-order valence-electron chi connectivity index (χ1n) is 6.65. The number of nitro benzene ring substituents is 1. The van der Waals surface area contributed by atoms with Gasteiger partial charge in [-0.2, -0.15) is 0 Å². The molecule has 0 saturated heterocycles. The number of amides is 1. The van der Waals surface area contributed by atoms with E-state index >= 15 is 0 Å². The first kappa shape index (κ1) is 17.2. The average molecular weight is 353 g/mol. The van der Waals surface area contributed by atoms with Crippen molar-refractivity contribution in [2.24, 2.45) is 0 Å². The Bertz CT molecular complexity index is 732. The van der Waals surface area contributed by atoms with Gasteiger partial charge >= 0.3 is 0 Å². The summed E-state index contributed by atoms with van der Waals surface area (Å²) < 4.78 is 0.761. The van der Waals surface area contributed by atoms with E-state index in [2.05, 4.69) is 15.5 Å². The first-order valence-corrected chi connectivity index (χ1v) is 8.46. The van der Waals surface area contributed by atoms with Crippen LogP contribution in [0.4, 0.5) is 16.5 Å². The SMILES string of the molecule is CCSc1nnc(NC(=O)c2ccc(N(C)C)c([N+](=O)[O-])c2)s1. The van der Waals surface area contributed by atoms with Crippen molar-refractivity contribution in [3.05, 3.63) is 33.9 Å². The first-order chi connectivity index (χ1) is 10.9. The number of rotatable bonds is 6. The molecule has 2 rings (SSSR count). The summed E-state index contributed by atoms with van der Waals surface area (Å²) >= 11 is 2.80. The Kier molecular flexibility index (Phi) is 5.50. The van der Waals surface area contributed by atoms with Gasteiger partial charge in [-0.05, 0) is 17.9 Å². The summed E-state index contributed by atoms with van der Waals surface area (Å²) in [6.07, 6.45) is 0. The zero-order valence-electron chi connectivity index (χ0n) is 12.8. The fraction of sp³-hybridized carbons (Fsp3) is 0.308. The Balaban J connectivity index is 2.21. The number of benzene rings is 1. The molecular formula is C13H15N5O3S2. The molecule has 122 valence electrons. The van der Waals surface area contributed by atoms with Crippen molar-refractivity contribution in [2.75, 3.05) is 30.1 Å². The highest BCUT2D eigenvalue weighted by Gasteiger charge is 2.19. The molecule has 1 aromatic heterocycles. The highest BCUT2D eigenvalue weighted by molar-refractivity contribution is 8.01. The summed E-state index contributed by atoms with van der Waals surface area (Å²) in [6.45, 7) is 2.00. The number of hydrogen-bond donors (Lipinski definition) is 1.